The first-order valence-corrected chi connectivity index (χ1v) is 8.72. The standard InChI is InChI=1S/C18H18ClN5O/c19-15-2-1-6-21-18(15)25-11-13-4-8-24(9-5-13)17-14-3-7-20-10-16(14)22-12-23-17/h1-3,6-7,10,12-13H,4-5,8-9,11H2. The summed E-state index contributed by atoms with van der Waals surface area (Å²) in [4.78, 5) is 19.4. The fourth-order valence-corrected chi connectivity index (χ4v) is 3.31. The van der Waals surface area contributed by atoms with Crippen LogP contribution in [0, 0.1) is 5.92 Å². The van der Waals surface area contributed by atoms with Crippen molar-refractivity contribution in [1.82, 2.24) is 19.9 Å². The number of piperidine rings is 1. The lowest BCUT2D eigenvalue weighted by molar-refractivity contribution is 0.216. The first kappa shape index (κ1) is 16.0. The van der Waals surface area contributed by atoms with Gasteiger partial charge in [0.05, 0.1) is 18.3 Å². The Balaban J connectivity index is 1.39. The van der Waals surface area contributed by atoms with E-state index in [0.29, 0.717) is 23.4 Å². The molecule has 3 aromatic rings. The van der Waals surface area contributed by atoms with Crippen molar-refractivity contribution in [2.45, 2.75) is 12.8 Å². The van der Waals surface area contributed by atoms with E-state index < -0.39 is 0 Å². The van der Waals surface area contributed by atoms with Crippen molar-refractivity contribution < 1.29 is 4.74 Å². The zero-order valence-electron chi connectivity index (χ0n) is 13.7. The minimum Gasteiger partial charge on any atom is -0.476 e. The van der Waals surface area contributed by atoms with Crippen molar-refractivity contribution in [3.8, 4) is 5.88 Å². The van der Waals surface area contributed by atoms with E-state index >= 15 is 0 Å². The van der Waals surface area contributed by atoms with Gasteiger partial charge in [0, 0.05) is 30.9 Å². The average molecular weight is 356 g/mol. The molecule has 1 saturated heterocycles. The summed E-state index contributed by atoms with van der Waals surface area (Å²) >= 11 is 6.09. The van der Waals surface area contributed by atoms with Gasteiger partial charge in [-0.2, -0.15) is 0 Å². The molecule has 0 bridgehead atoms. The molecule has 0 N–H and O–H groups in total. The molecule has 0 unspecified atom stereocenters. The average Bonchev–Trinajstić information content (AvgIpc) is 2.67. The quantitative estimate of drug-likeness (QED) is 0.715. The first-order chi connectivity index (χ1) is 12.3. The monoisotopic (exact) mass is 355 g/mol. The molecule has 0 atom stereocenters. The molecule has 0 aliphatic carbocycles. The summed E-state index contributed by atoms with van der Waals surface area (Å²) in [6.07, 6.45) is 8.95. The molecule has 0 aromatic carbocycles. The molecule has 1 fully saturated rings. The van der Waals surface area contributed by atoms with Crippen molar-refractivity contribution in [3.05, 3.63) is 48.1 Å². The van der Waals surface area contributed by atoms with Crippen LogP contribution in [-0.4, -0.2) is 39.6 Å². The number of halogens is 1. The molecular formula is C18H18ClN5O. The van der Waals surface area contributed by atoms with E-state index in [1.807, 2.05) is 6.07 Å². The van der Waals surface area contributed by atoms with Crippen LogP contribution in [0.15, 0.2) is 43.1 Å². The number of ether oxygens (including phenoxy) is 1. The van der Waals surface area contributed by atoms with Crippen molar-refractivity contribution in [1.29, 1.82) is 0 Å². The number of rotatable bonds is 4. The Morgan fingerprint density at radius 2 is 2.00 bits per heavy atom. The van der Waals surface area contributed by atoms with Gasteiger partial charge in [0.25, 0.3) is 0 Å². The van der Waals surface area contributed by atoms with Crippen LogP contribution in [-0.2, 0) is 0 Å². The molecule has 3 aromatic heterocycles. The summed E-state index contributed by atoms with van der Waals surface area (Å²) in [5.74, 6) is 1.99. The maximum atomic E-state index is 6.09. The molecule has 6 nitrogen and oxygen atoms in total. The van der Waals surface area contributed by atoms with Gasteiger partial charge in [0.15, 0.2) is 0 Å². The van der Waals surface area contributed by atoms with Crippen LogP contribution in [0.4, 0.5) is 5.82 Å². The van der Waals surface area contributed by atoms with Crippen molar-refractivity contribution in [2.75, 3.05) is 24.6 Å². The number of aromatic nitrogens is 4. The predicted molar refractivity (Wildman–Crippen MR) is 97.0 cm³/mol. The number of anilines is 1. The lowest BCUT2D eigenvalue weighted by Crippen LogP contribution is -2.36. The highest BCUT2D eigenvalue weighted by Gasteiger charge is 2.22. The number of pyridine rings is 2. The lowest BCUT2D eigenvalue weighted by Gasteiger charge is -2.33. The fourth-order valence-electron chi connectivity index (χ4n) is 3.13. The van der Waals surface area contributed by atoms with E-state index in [1.165, 1.54) is 0 Å². The molecule has 1 aliphatic heterocycles. The second-order valence-corrected chi connectivity index (χ2v) is 6.53. The van der Waals surface area contributed by atoms with Crippen LogP contribution in [0.3, 0.4) is 0 Å². The Bertz CT molecular complexity index is 861. The maximum absolute atomic E-state index is 6.09. The first-order valence-electron chi connectivity index (χ1n) is 8.34. The highest BCUT2D eigenvalue weighted by Crippen LogP contribution is 2.28. The van der Waals surface area contributed by atoms with Gasteiger partial charge >= 0.3 is 0 Å². The normalized spacial score (nSPS) is 15.5. The molecule has 7 heteroatoms. The largest absolute Gasteiger partial charge is 0.476 e. The van der Waals surface area contributed by atoms with Gasteiger partial charge in [-0.15, -0.1) is 0 Å². The second kappa shape index (κ2) is 7.19. The van der Waals surface area contributed by atoms with Crippen LogP contribution in [0.25, 0.3) is 10.9 Å². The van der Waals surface area contributed by atoms with Gasteiger partial charge in [-0.05, 0) is 37.0 Å². The number of fused-ring (bicyclic) bond motifs is 1. The molecule has 25 heavy (non-hydrogen) atoms. The van der Waals surface area contributed by atoms with Crippen molar-refractivity contribution >= 4 is 28.3 Å². The molecule has 4 rings (SSSR count). The van der Waals surface area contributed by atoms with E-state index in [4.69, 9.17) is 16.3 Å². The second-order valence-electron chi connectivity index (χ2n) is 6.12. The van der Waals surface area contributed by atoms with Gasteiger partial charge in [-0.3, -0.25) is 4.98 Å². The van der Waals surface area contributed by atoms with Gasteiger partial charge < -0.3 is 9.64 Å². The highest BCUT2D eigenvalue weighted by atomic mass is 35.5. The van der Waals surface area contributed by atoms with E-state index in [2.05, 4.69) is 24.8 Å². The minimum atomic E-state index is 0.490. The Kier molecular flexibility index (Phi) is 4.61. The summed E-state index contributed by atoms with van der Waals surface area (Å²) in [7, 11) is 0. The molecule has 128 valence electrons. The third kappa shape index (κ3) is 3.49. The number of hydrogen-bond acceptors (Lipinski definition) is 6. The molecule has 0 radical (unpaired) electrons. The molecule has 0 spiro atoms. The smallest absolute Gasteiger partial charge is 0.232 e. The summed E-state index contributed by atoms with van der Waals surface area (Å²) in [5.41, 5.74) is 0.878. The summed E-state index contributed by atoms with van der Waals surface area (Å²) in [6.45, 7) is 2.52. The van der Waals surface area contributed by atoms with Gasteiger partial charge in [-0.25, -0.2) is 15.0 Å². The van der Waals surface area contributed by atoms with Crippen LogP contribution in [0.5, 0.6) is 5.88 Å². The molecule has 0 amide bonds. The Hall–Kier alpha value is -2.47. The Labute approximate surface area is 150 Å². The van der Waals surface area contributed by atoms with E-state index in [0.717, 1.165) is 42.7 Å². The summed E-state index contributed by atoms with van der Waals surface area (Å²) in [6, 6.07) is 5.57. The Morgan fingerprint density at radius 1 is 1.12 bits per heavy atom. The summed E-state index contributed by atoms with van der Waals surface area (Å²) < 4.78 is 5.79. The van der Waals surface area contributed by atoms with Crippen molar-refractivity contribution in [3.63, 3.8) is 0 Å². The zero-order valence-corrected chi connectivity index (χ0v) is 14.4. The lowest BCUT2D eigenvalue weighted by atomic mass is 9.97. The third-order valence-corrected chi connectivity index (χ3v) is 4.80. The van der Waals surface area contributed by atoms with Gasteiger partial charge in [-0.1, -0.05) is 11.6 Å². The third-order valence-electron chi connectivity index (χ3n) is 4.51. The molecular weight excluding hydrogens is 338 g/mol. The molecule has 4 heterocycles. The topological polar surface area (TPSA) is 64.0 Å². The SMILES string of the molecule is Clc1cccnc1OCC1CCN(c2ncnc3cnccc23)CC1. The molecule has 0 saturated carbocycles. The van der Waals surface area contributed by atoms with E-state index in [1.54, 1.807) is 37.1 Å². The van der Waals surface area contributed by atoms with E-state index in [-0.39, 0.29) is 0 Å². The fraction of sp³-hybridized carbons (Fsp3) is 0.333. The maximum Gasteiger partial charge on any atom is 0.232 e. The van der Waals surface area contributed by atoms with Crippen LogP contribution in [0.2, 0.25) is 5.02 Å². The van der Waals surface area contributed by atoms with Gasteiger partial charge in [0.1, 0.15) is 17.2 Å². The van der Waals surface area contributed by atoms with Crippen LogP contribution >= 0.6 is 11.6 Å². The molecule has 1 aliphatic rings. The van der Waals surface area contributed by atoms with Crippen LogP contribution < -0.4 is 9.64 Å². The summed E-state index contributed by atoms with van der Waals surface area (Å²) in [5, 5.41) is 1.61. The van der Waals surface area contributed by atoms with E-state index in [9.17, 15) is 0 Å². The van der Waals surface area contributed by atoms with Crippen LogP contribution in [0.1, 0.15) is 12.8 Å². The number of nitrogens with zero attached hydrogens (tertiary/aromatic N) is 5. The predicted octanol–water partition coefficient (Wildman–Crippen LogP) is 3.37. The number of hydrogen-bond donors (Lipinski definition) is 0. The zero-order chi connectivity index (χ0) is 17.1. The minimum absolute atomic E-state index is 0.490. The Morgan fingerprint density at radius 3 is 2.84 bits per heavy atom. The van der Waals surface area contributed by atoms with Crippen molar-refractivity contribution in [2.24, 2.45) is 5.92 Å². The highest BCUT2D eigenvalue weighted by molar-refractivity contribution is 6.31. The van der Waals surface area contributed by atoms with Gasteiger partial charge in [0.2, 0.25) is 5.88 Å².